The zero-order chi connectivity index (χ0) is 19.1. The Morgan fingerprint density at radius 1 is 1.04 bits per heavy atom. The second-order valence-electron chi connectivity index (χ2n) is 6.03. The molecule has 0 amide bonds. The molecule has 0 spiro atoms. The Balaban J connectivity index is 1.64. The van der Waals surface area contributed by atoms with Gasteiger partial charge in [0.15, 0.2) is 11.7 Å². The van der Waals surface area contributed by atoms with Crippen LogP contribution < -0.4 is 10.6 Å². The van der Waals surface area contributed by atoms with E-state index in [1.807, 2.05) is 60.7 Å². The average Bonchev–Trinajstić information content (AvgIpc) is 3.18. The summed E-state index contributed by atoms with van der Waals surface area (Å²) in [4.78, 5) is 16.6. The molecule has 138 valence electrons. The van der Waals surface area contributed by atoms with Crippen LogP contribution in [0.25, 0.3) is 0 Å². The summed E-state index contributed by atoms with van der Waals surface area (Å²) in [5, 5.41) is 9.99. The topological polar surface area (TPSA) is 79.5 Å². The molecule has 3 rings (SSSR count). The van der Waals surface area contributed by atoms with Gasteiger partial charge in [-0.05, 0) is 24.5 Å². The predicted octanol–water partition coefficient (Wildman–Crippen LogP) is 3.31. The maximum absolute atomic E-state index is 12.6. The van der Waals surface area contributed by atoms with Gasteiger partial charge >= 0.3 is 0 Å². The standard InChI is InChI=1S/C21H22N4O2/c1-22-21(23-2)24-19-14-18(25-27-19)12-11-15-7-6-10-17(13-15)20(26)16-8-4-3-5-9-16/h3-10,13-14H,11-12H2,1-2H3,(H2,22,23,24). The number of aliphatic imine (C=N–C) groups is 1. The fourth-order valence-corrected chi connectivity index (χ4v) is 2.73. The first-order valence-electron chi connectivity index (χ1n) is 8.75. The van der Waals surface area contributed by atoms with Gasteiger partial charge in [0.1, 0.15) is 0 Å². The Hall–Kier alpha value is -3.41. The highest BCUT2D eigenvalue weighted by Crippen LogP contribution is 2.15. The van der Waals surface area contributed by atoms with Crippen molar-refractivity contribution in [3.63, 3.8) is 0 Å². The van der Waals surface area contributed by atoms with Gasteiger partial charge in [-0.2, -0.15) is 0 Å². The molecule has 0 aliphatic carbocycles. The van der Waals surface area contributed by atoms with Gasteiger partial charge in [-0.15, -0.1) is 0 Å². The highest BCUT2D eigenvalue weighted by molar-refractivity contribution is 6.09. The number of benzene rings is 2. The van der Waals surface area contributed by atoms with E-state index in [1.54, 1.807) is 14.1 Å². The molecule has 3 aromatic rings. The molecule has 6 nitrogen and oxygen atoms in total. The molecule has 0 saturated carbocycles. The molecule has 0 radical (unpaired) electrons. The van der Waals surface area contributed by atoms with Crippen LogP contribution in [0.3, 0.4) is 0 Å². The number of aryl methyl sites for hydroxylation is 2. The van der Waals surface area contributed by atoms with Crippen LogP contribution in [0.4, 0.5) is 5.88 Å². The molecule has 27 heavy (non-hydrogen) atoms. The molecule has 1 aromatic heterocycles. The Morgan fingerprint density at radius 2 is 1.81 bits per heavy atom. The Bertz CT molecular complexity index is 932. The van der Waals surface area contributed by atoms with Crippen molar-refractivity contribution in [3.8, 4) is 0 Å². The normalized spacial score (nSPS) is 11.3. The fraction of sp³-hybridized carbons (Fsp3) is 0.190. The molecule has 0 saturated heterocycles. The molecule has 6 heteroatoms. The number of carbonyl (C=O) groups excluding carboxylic acids is 1. The molecule has 0 atom stereocenters. The van der Waals surface area contributed by atoms with E-state index in [1.165, 1.54) is 0 Å². The van der Waals surface area contributed by atoms with Gasteiger partial charge < -0.3 is 9.84 Å². The lowest BCUT2D eigenvalue weighted by Gasteiger charge is -2.04. The molecule has 0 unspecified atom stereocenters. The highest BCUT2D eigenvalue weighted by atomic mass is 16.5. The van der Waals surface area contributed by atoms with E-state index in [0.29, 0.717) is 29.4 Å². The molecule has 0 bridgehead atoms. The number of rotatable bonds is 6. The molecular formula is C21H22N4O2. The van der Waals surface area contributed by atoms with Crippen LogP contribution >= 0.6 is 0 Å². The quantitative estimate of drug-likeness (QED) is 0.399. The van der Waals surface area contributed by atoms with Crippen molar-refractivity contribution >= 4 is 17.6 Å². The van der Waals surface area contributed by atoms with Crippen molar-refractivity contribution in [1.29, 1.82) is 0 Å². The van der Waals surface area contributed by atoms with Gasteiger partial charge in [-0.1, -0.05) is 53.7 Å². The summed E-state index contributed by atoms with van der Waals surface area (Å²) in [6.45, 7) is 0. The maximum Gasteiger partial charge on any atom is 0.231 e. The van der Waals surface area contributed by atoms with Crippen LogP contribution in [-0.2, 0) is 12.8 Å². The minimum absolute atomic E-state index is 0.0313. The number of aromatic nitrogens is 1. The number of ketones is 1. The SMILES string of the molecule is CN=C(NC)Nc1cc(CCc2cccc(C(=O)c3ccccc3)c2)no1. The third-order valence-electron chi connectivity index (χ3n) is 4.16. The Labute approximate surface area is 158 Å². The number of nitrogens with zero attached hydrogens (tertiary/aromatic N) is 2. The van der Waals surface area contributed by atoms with Gasteiger partial charge in [0, 0.05) is 31.3 Å². The van der Waals surface area contributed by atoms with Crippen LogP contribution in [0.2, 0.25) is 0 Å². The molecule has 0 fully saturated rings. The molecular weight excluding hydrogens is 340 g/mol. The summed E-state index contributed by atoms with van der Waals surface area (Å²) in [6.07, 6.45) is 1.48. The largest absolute Gasteiger partial charge is 0.359 e. The monoisotopic (exact) mass is 362 g/mol. The number of carbonyl (C=O) groups is 1. The summed E-state index contributed by atoms with van der Waals surface area (Å²) >= 11 is 0. The van der Waals surface area contributed by atoms with E-state index in [4.69, 9.17) is 4.52 Å². The summed E-state index contributed by atoms with van der Waals surface area (Å²) in [5.41, 5.74) is 3.31. The summed E-state index contributed by atoms with van der Waals surface area (Å²) in [7, 11) is 3.45. The van der Waals surface area contributed by atoms with E-state index < -0.39 is 0 Å². The minimum Gasteiger partial charge on any atom is -0.359 e. The number of guanidine groups is 1. The number of anilines is 1. The highest BCUT2D eigenvalue weighted by Gasteiger charge is 2.10. The zero-order valence-electron chi connectivity index (χ0n) is 15.4. The van der Waals surface area contributed by atoms with Gasteiger partial charge in [0.25, 0.3) is 0 Å². The predicted molar refractivity (Wildman–Crippen MR) is 106 cm³/mol. The Kier molecular flexibility index (Phi) is 5.99. The smallest absolute Gasteiger partial charge is 0.231 e. The van der Waals surface area contributed by atoms with E-state index in [0.717, 1.165) is 17.7 Å². The first kappa shape index (κ1) is 18.4. The lowest BCUT2D eigenvalue weighted by Crippen LogP contribution is -2.26. The summed E-state index contributed by atoms with van der Waals surface area (Å²) < 4.78 is 5.27. The third kappa shape index (κ3) is 4.82. The fourth-order valence-electron chi connectivity index (χ4n) is 2.73. The minimum atomic E-state index is 0.0313. The number of hydrogen-bond acceptors (Lipinski definition) is 4. The molecule has 1 heterocycles. The second-order valence-corrected chi connectivity index (χ2v) is 6.03. The molecule has 2 aromatic carbocycles. The van der Waals surface area contributed by atoms with Crippen LogP contribution in [0.1, 0.15) is 27.2 Å². The van der Waals surface area contributed by atoms with Crippen LogP contribution in [-0.4, -0.2) is 31.0 Å². The number of nitrogens with one attached hydrogen (secondary N) is 2. The van der Waals surface area contributed by atoms with Crippen LogP contribution in [0, 0.1) is 0 Å². The maximum atomic E-state index is 12.6. The van der Waals surface area contributed by atoms with E-state index in [-0.39, 0.29) is 5.78 Å². The van der Waals surface area contributed by atoms with Crippen molar-refractivity contribution in [2.75, 3.05) is 19.4 Å². The van der Waals surface area contributed by atoms with E-state index in [9.17, 15) is 4.79 Å². The lowest BCUT2D eigenvalue weighted by molar-refractivity contribution is 0.103. The average molecular weight is 362 g/mol. The van der Waals surface area contributed by atoms with Gasteiger partial charge in [-0.25, -0.2) is 0 Å². The third-order valence-corrected chi connectivity index (χ3v) is 4.16. The first-order chi connectivity index (χ1) is 13.2. The van der Waals surface area contributed by atoms with Crippen molar-refractivity contribution in [2.45, 2.75) is 12.8 Å². The number of hydrogen-bond donors (Lipinski definition) is 2. The summed E-state index contributed by atoms with van der Waals surface area (Å²) in [5.74, 6) is 1.17. The Morgan fingerprint density at radius 3 is 2.56 bits per heavy atom. The molecule has 0 aliphatic heterocycles. The van der Waals surface area contributed by atoms with Gasteiger partial charge in [-0.3, -0.25) is 15.1 Å². The molecule has 2 N–H and O–H groups in total. The van der Waals surface area contributed by atoms with E-state index >= 15 is 0 Å². The molecule has 0 aliphatic rings. The van der Waals surface area contributed by atoms with Gasteiger partial charge in [0.2, 0.25) is 5.88 Å². The van der Waals surface area contributed by atoms with E-state index in [2.05, 4.69) is 20.8 Å². The van der Waals surface area contributed by atoms with Crippen molar-refractivity contribution in [2.24, 2.45) is 4.99 Å². The first-order valence-corrected chi connectivity index (χ1v) is 8.75. The van der Waals surface area contributed by atoms with Crippen molar-refractivity contribution in [1.82, 2.24) is 10.5 Å². The van der Waals surface area contributed by atoms with Crippen LogP contribution in [0.15, 0.2) is 70.2 Å². The van der Waals surface area contributed by atoms with Crippen molar-refractivity contribution in [3.05, 3.63) is 83.0 Å². The second kappa shape index (κ2) is 8.80. The summed E-state index contributed by atoms with van der Waals surface area (Å²) in [6, 6.07) is 18.9. The lowest BCUT2D eigenvalue weighted by atomic mass is 9.99. The van der Waals surface area contributed by atoms with Crippen LogP contribution in [0.5, 0.6) is 0 Å². The zero-order valence-corrected chi connectivity index (χ0v) is 15.4. The van der Waals surface area contributed by atoms with Gasteiger partial charge in [0.05, 0.1) is 5.69 Å². The van der Waals surface area contributed by atoms with Crippen molar-refractivity contribution < 1.29 is 9.32 Å².